The second-order valence-corrected chi connectivity index (χ2v) is 6.84. The Morgan fingerprint density at radius 2 is 1.69 bits per heavy atom. The maximum absolute atomic E-state index is 13.6. The van der Waals surface area contributed by atoms with E-state index in [1.54, 1.807) is 0 Å². The average molecular weight is 417 g/mol. The molecule has 1 heterocycles. The molecule has 1 fully saturated rings. The van der Waals surface area contributed by atoms with Gasteiger partial charge in [-0.2, -0.15) is 26.3 Å². The summed E-state index contributed by atoms with van der Waals surface area (Å²) in [5, 5.41) is 9.50. The normalized spacial score (nSPS) is 19.3. The van der Waals surface area contributed by atoms with Gasteiger partial charge in [-0.05, 0) is 42.2 Å². The lowest BCUT2D eigenvalue weighted by Crippen LogP contribution is -2.40. The van der Waals surface area contributed by atoms with Gasteiger partial charge in [-0.3, -0.25) is 9.69 Å². The van der Waals surface area contributed by atoms with Gasteiger partial charge in [0.15, 0.2) is 0 Å². The lowest BCUT2D eigenvalue weighted by Gasteiger charge is -2.33. The van der Waals surface area contributed by atoms with E-state index in [1.807, 2.05) is 0 Å². The first-order valence-corrected chi connectivity index (χ1v) is 8.82. The van der Waals surface area contributed by atoms with Gasteiger partial charge in [0, 0.05) is 6.54 Å². The standard InChI is InChI=1S/C20H17F6NO2/c21-19(22,23)13-6-3-5-12(11-13)17(27-10-4-9-16(27)18(28)29)14-7-1-2-8-15(14)20(24,25)26/h1-3,5-8,11,16-17H,4,9-10H2,(H,28,29). The van der Waals surface area contributed by atoms with Crippen LogP contribution in [0.2, 0.25) is 0 Å². The van der Waals surface area contributed by atoms with E-state index in [2.05, 4.69) is 0 Å². The molecular formula is C20H17F6NO2. The van der Waals surface area contributed by atoms with Crippen molar-refractivity contribution in [2.24, 2.45) is 0 Å². The minimum Gasteiger partial charge on any atom is -0.480 e. The molecule has 0 amide bonds. The molecule has 0 aromatic heterocycles. The molecule has 1 aliphatic rings. The first-order valence-electron chi connectivity index (χ1n) is 8.82. The van der Waals surface area contributed by atoms with Crippen LogP contribution < -0.4 is 0 Å². The quantitative estimate of drug-likeness (QED) is 0.681. The van der Waals surface area contributed by atoms with Crippen molar-refractivity contribution < 1.29 is 36.2 Å². The zero-order chi connectivity index (χ0) is 21.4. The Bertz CT molecular complexity index is 893. The number of aliphatic carboxylic acids is 1. The number of halogens is 6. The summed E-state index contributed by atoms with van der Waals surface area (Å²) < 4.78 is 80.5. The molecule has 3 rings (SSSR count). The predicted octanol–water partition coefficient (Wildman–Crippen LogP) is 5.36. The number of benzene rings is 2. The van der Waals surface area contributed by atoms with Crippen LogP contribution in [0.25, 0.3) is 0 Å². The van der Waals surface area contributed by atoms with Crippen LogP contribution in [0.1, 0.15) is 41.1 Å². The Balaban J connectivity index is 2.21. The molecule has 1 aliphatic heterocycles. The summed E-state index contributed by atoms with van der Waals surface area (Å²) in [6.45, 7) is 0.157. The van der Waals surface area contributed by atoms with Crippen molar-refractivity contribution in [2.45, 2.75) is 37.3 Å². The molecule has 2 unspecified atom stereocenters. The number of carboxylic acids is 1. The Labute approximate surface area is 162 Å². The number of likely N-dealkylation sites (tertiary alicyclic amines) is 1. The summed E-state index contributed by atoms with van der Waals surface area (Å²) in [4.78, 5) is 13.0. The highest BCUT2D eigenvalue weighted by molar-refractivity contribution is 5.74. The fourth-order valence-electron chi connectivity index (χ4n) is 3.79. The molecule has 156 valence electrons. The van der Waals surface area contributed by atoms with Gasteiger partial charge in [0.1, 0.15) is 6.04 Å². The van der Waals surface area contributed by atoms with Gasteiger partial charge in [-0.15, -0.1) is 0 Å². The van der Waals surface area contributed by atoms with Crippen LogP contribution in [0.15, 0.2) is 48.5 Å². The first kappa shape index (κ1) is 21.2. The third-order valence-electron chi connectivity index (χ3n) is 5.00. The monoisotopic (exact) mass is 417 g/mol. The molecule has 0 spiro atoms. The molecule has 0 aliphatic carbocycles. The van der Waals surface area contributed by atoms with Crippen LogP contribution in [-0.2, 0) is 17.1 Å². The summed E-state index contributed by atoms with van der Waals surface area (Å²) in [6.07, 6.45) is -8.80. The molecule has 2 aromatic rings. The van der Waals surface area contributed by atoms with Crippen LogP contribution in [0.3, 0.4) is 0 Å². The van der Waals surface area contributed by atoms with Crippen molar-refractivity contribution in [3.05, 3.63) is 70.8 Å². The lowest BCUT2D eigenvalue weighted by atomic mass is 9.91. The largest absolute Gasteiger partial charge is 0.480 e. The van der Waals surface area contributed by atoms with Crippen LogP contribution in [-0.4, -0.2) is 28.6 Å². The van der Waals surface area contributed by atoms with E-state index in [-0.39, 0.29) is 24.1 Å². The molecule has 1 N–H and O–H groups in total. The van der Waals surface area contributed by atoms with Crippen LogP contribution in [0.4, 0.5) is 26.3 Å². The van der Waals surface area contributed by atoms with Gasteiger partial charge in [0.2, 0.25) is 0 Å². The molecule has 0 bridgehead atoms. The number of alkyl halides is 6. The molecule has 2 atom stereocenters. The Kier molecular flexibility index (Phi) is 5.62. The third kappa shape index (κ3) is 4.39. The summed E-state index contributed by atoms with van der Waals surface area (Å²) in [6, 6.07) is 6.24. The second-order valence-electron chi connectivity index (χ2n) is 6.84. The van der Waals surface area contributed by atoms with E-state index >= 15 is 0 Å². The highest BCUT2D eigenvalue weighted by atomic mass is 19.4. The van der Waals surface area contributed by atoms with Crippen molar-refractivity contribution in [1.82, 2.24) is 4.90 Å². The Morgan fingerprint density at radius 1 is 1.00 bits per heavy atom. The molecule has 1 saturated heterocycles. The highest BCUT2D eigenvalue weighted by Gasteiger charge is 2.42. The van der Waals surface area contributed by atoms with Gasteiger partial charge < -0.3 is 5.11 Å². The molecule has 9 heteroatoms. The molecular weight excluding hydrogens is 400 g/mol. The molecule has 0 radical (unpaired) electrons. The molecule has 2 aromatic carbocycles. The first-order chi connectivity index (χ1) is 13.5. The van der Waals surface area contributed by atoms with Gasteiger partial charge >= 0.3 is 18.3 Å². The van der Waals surface area contributed by atoms with Gasteiger partial charge in [0.05, 0.1) is 17.2 Å². The van der Waals surface area contributed by atoms with Crippen molar-refractivity contribution >= 4 is 5.97 Å². The van der Waals surface area contributed by atoms with Crippen LogP contribution in [0.5, 0.6) is 0 Å². The number of hydrogen-bond acceptors (Lipinski definition) is 2. The van der Waals surface area contributed by atoms with E-state index < -0.39 is 41.5 Å². The van der Waals surface area contributed by atoms with E-state index in [1.165, 1.54) is 29.2 Å². The van der Waals surface area contributed by atoms with Gasteiger partial charge in [0.25, 0.3) is 0 Å². The maximum Gasteiger partial charge on any atom is 0.416 e. The fourth-order valence-corrected chi connectivity index (χ4v) is 3.79. The highest BCUT2D eigenvalue weighted by Crippen LogP contribution is 2.42. The lowest BCUT2D eigenvalue weighted by molar-refractivity contribution is -0.143. The van der Waals surface area contributed by atoms with Gasteiger partial charge in [-0.25, -0.2) is 0 Å². The second kappa shape index (κ2) is 7.70. The molecule has 3 nitrogen and oxygen atoms in total. The zero-order valence-electron chi connectivity index (χ0n) is 15.0. The smallest absolute Gasteiger partial charge is 0.416 e. The maximum atomic E-state index is 13.6. The molecule has 29 heavy (non-hydrogen) atoms. The summed E-state index contributed by atoms with van der Waals surface area (Å²) in [7, 11) is 0. The predicted molar refractivity (Wildman–Crippen MR) is 92.1 cm³/mol. The number of nitrogens with zero attached hydrogens (tertiary/aromatic N) is 1. The van der Waals surface area contributed by atoms with Gasteiger partial charge in [-0.1, -0.05) is 30.3 Å². The Morgan fingerprint density at radius 3 is 2.31 bits per heavy atom. The summed E-state index contributed by atoms with van der Waals surface area (Å²) >= 11 is 0. The van der Waals surface area contributed by atoms with E-state index in [9.17, 15) is 36.2 Å². The number of carbonyl (C=O) groups is 1. The fraction of sp³-hybridized carbons (Fsp3) is 0.350. The Hall–Kier alpha value is -2.55. The number of carboxylic acid groups (broad SMARTS) is 1. The minimum atomic E-state index is -4.74. The zero-order valence-corrected chi connectivity index (χ0v) is 15.0. The molecule has 0 saturated carbocycles. The van der Waals surface area contributed by atoms with Crippen molar-refractivity contribution in [3.63, 3.8) is 0 Å². The van der Waals surface area contributed by atoms with Crippen molar-refractivity contribution in [3.8, 4) is 0 Å². The van der Waals surface area contributed by atoms with E-state index in [4.69, 9.17) is 0 Å². The summed E-state index contributed by atoms with van der Waals surface area (Å²) in [5.41, 5.74) is -2.31. The SMILES string of the molecule is O=C(O)C1CCCN1C(c1cccc(C(F)(F)F)c1)c1ccccc1C(F)(F)F. The third-order valence-corrected chi connectivity index (χ3v) is 5.00. The number of rotatable bonds is 4. The van der Waals surface area contributed by atoms with Crippen LogP contribution in [0, 0.1) is 0 Å². The number of hydrogen-bond donors (Lipinski definition) is 1. The summed E-state index contributed by atoms with van der Waals surface area (Å²) in [5.74, 6) is -1.22. The van der Waals surface area contributed by atoms with E-state index in [0.29, 0.717) is 6.42 Å². The van der Waals surface area contributed by atoms with Crippen molar-refractivity contribution in [1.29, 1.82) is 0 Å². The topological polar surface area (TPSA) is 40.5 Å². The van der Waals surface area contributed by atoms with E-state index in [0.717, 1.165) is 24.3 Å². The van der Waals surface area contributed by atoms with Crippen molar-refractivity contribution in [2.75, 3.05) is 6.54 Å². The van der Waals surface area contributed by atoms with Crippen LogP contribution >= 0.6 is 0 Å². The minimum absolute atomic E-state index is 0.0373. The average Bonchev–Trinajstić information content (AvgIpc) is 3.11.